The Bertz CT molecular complexity index is 81.7. The van der Waals surface area contributed by atoms with Crippen LogP contribution >= 0.6 is 0 Å². The van der Waals surface area contributed by atoms with Crippen LogP contribution in [-0.2, 0) is 0 Å². The van der Waals surface area contributed by atoms with Crippen LogP contribution < -0.4 is 0 Å². The van der Waals surface area contributed by atoms with Crippen LogP contribution in [0.1, 0.15) is 0 Å². The van der Waals surface area contributed by atoms with E-state index in [0.717, 1.165) is 0 Å². The molecule has 1 rings (SSSR count). The van der Waals surface area contributed by atoms with Crippen LogP contribution in [0.15, 0.2) is 39.5 Å². The van der Waals surface area contributed by atoms with Gasteiger partial charge in [-0.3, -0.25) is 0 Å². The second kappa shape index (κ2) is 18.0. The third-order valence-corrected chi connectivity index (χ3v) is 1.73. The van der Waals surface area contributed by atoms with Gasteiger partial charge in [-0.05, 0) is 14.1 Å². The Labute approximate surface area is 90.2 Å². The molecule has 0 aromatic rings. The Balaban J connectivity index is -0.000000174. The fourth-order valence-corrected chi connectivity index (χ4v) is 0.906. The molecule has 0 spiro atoms. The zero-order valence-electron chi connectivity index (χ0n) is 9.97. The van der Waals surface area contributed by atoms with E-state index >= 15 is 0 Å². The molecule has 2 heteroatoms. The van der Waals surface area contributed by atoms with Crippen molar-refractivity contribution in [3.8, 4) is 0 Å². The molecular formula is C12H26N2. The van der Waals surface area contributed by atoms with Crippen molar-refractivity contribution in [3.05, 3.63) is 39.5 Å². The van der Waals surface area contributed by atoms with Crippen LogP contribution in [0.3, 0.4) is 0 Å². The topological polar surface area (TPSA) is 6.48 Å². The van der Waals surface area contributed by atoms with Crippen molar-refractivity contribution in [2.24, 2.45) is 0 Å². The van der Waals surface area contributed by atoms with Gasteiger partial charge in [0, 0.05) is 26.2 Å². The van der Waals surface area contributed by atoms with Gasteiger partial charge in [-0.2, -0.15) is 0 Å². The summed E-state index contributed by atoms with van der Waals surface area (Å²) < 4.78 is 0. The van der Waals surface area contributed by atoms with E-state index in [4.69, 9.17) is 0 Å². The highest BCUT2D eigenvalue weighted by Gasteiger charge is 2.07. The van der Waals surface area contributed by atoms with E-state index in [-0.39, 0.29) is 0 Å². The third-order valence-electron chi connectivity index (χ3n) is 1.73. The number of hydrogen-bond donors (Lipinski definition) is 0. The van der Waals surface area contributed by atoms with Crippen molar-refractivity contribution in [2.75, 3.05) is 40.3 Å². The van der Waals surface area contributed by atoms with E-state index in [1.165, 1.54) is 26.2 Å². The normalized spacial score (nSPS) is 15.9. The van der Waals surface area contributed by atoms with Gasteiger partial charge in [-0.15, -0.1) is 39.5 Å². The number of piperazine rings is 1. The summed E-state index contributed by atoms with van der Waals surface area (Å²) in [7, 11) is 4.35. The average molecular weight is 198 g/mol. The van der Waals surface area contributed by atoms with Crippen LogP contribution in [0, 0.1) is 0 Å². The average Bonchev–Trinajstić information content (AvgIpc) is 2.31. The molecule has 2 nitrogen and oxygen atoms in total. The first-order chi connectivity index (χ1) is 6.79. The molecular weight excluding hydrogens is 172 g/mol. The lowest BCUT2D eigenvalue weighted by Gasteiger charge is -2.28. The molecule has 1 saturated heterocycles. The fourth-order valence-electron chi connectivity index (χ4n) is 0.906. The van der Waals surface area contributed by atoms with Crippen LogP contribution in [0.25, 0.3) is 0 Å². The summed E-state index contributed by atoms with van der Waals surface area (Å²) in [5.41, 5.74) is 0. The lowest BCUT2D eigenvalue weighted by Crippen LogP contribution is -2.42. The molecule has 0 aromatic heterocycles. The lowest BCUT2D eigenvalue weighted by molar-refractivity contribution is 0.181. The van der Waals surface area contributed by atoms with Crippen molar-refractivity contribution in [1.82, 2.24) is 9.80 Å². The summed E-state index contributed by atoms with van der Waals surface area (Å²) in [6.07, 6.45) is 0. The van der Waals surface area contributed by atoms with Gasteiger partial charge in [0.25, 0.3) is 0 Å². The highest BCUT2D eigenvalue weighted by Crippen LogP contribution is 1.93. The molecule has 0 bridgehead atoms. The standard InChI is InChI=1S/C6H14N2.3C2H4/c1-7-3-5-8(2)6-4-7;3*1-2/h3-6H2,1-2H3;3*1-2H2. The molecule has 0 radical (unpaired) electrons. The quantitative estimate of drug-likeness (QED) is 0.551. The summed E-state index contributed by atoms with van der Waals surface area (Å²) >= 11 is 0. The van der Waals surface area contributed by atoms with Crippen molar-refractivity contribution >= 4 is 0 Å². The highest BCUT2D eigenvalue weighted by molar-refractivity contribution is 4.64. The van der Waals surface area contributed by atoms with Gasteiger partial charge in [0.2, 0.25) is 0 Å². The molecule has 0 atom stereocenters. The Morgan fingerprint density at radius 3 is 0.857 bits per heavy atom. The smallest absolute Gasteiger partial charge is 0.0107 e. The van der Waals surface area contributed by atoms with Gasteiger partial charge in [0.15, 0.2) is 0 Å². The van der Waals surface area contributed by atoms with Crippen LogP contribution in [0.4, 0.5) is 0 Å². The third kappa shape index (κ3) is 13.7. The molecule has 84 valence electrons. The molecule has 0 aliphatic carbocycles. The maximum Gasteiger partial charge on any atom is 0.0107 e. The predicted octanol–water partition coefficient (Wildman–Crippen LogP) is 2.27. The van der Waals surface area contributed by atoms with Gasteiger partial charge in [0.05, 0.1) is 0 Å². The van der Waals surface area contributed by atoms with Gasteiger partial charge >= 0.3 is 0 Å². The summed E-state index contributed by atoms with van der Waals surface area (Å²) in [5, 5.41) is 0. The van der Waals surface area contributed by atoms with Gasteiger partial charge in [0.1, 0.15) is 0 Å². The van der Waals surface area contributed by atoms with E-state index in [1.54, 1.807) is 0 Å². The minimum Gasteiger partial charge on any atom is -0.304 e. The summed E-state index contributed by atoms with van der Waals surface area (Å²) in [5.74, 6) is 0. The van der Waals surface area contributed by atoms with E-state index in [9.17, 15) is 0 Å². The summed E-state index contributed by atoms with van der Waals surface area (Å²) in [4.78, 5) is 4.72. The van der Waals surface area contributed by atoms with E-state index in [2.05, 4.69) is 63.4 Å². The number of rotatable bonds is 0. The molecule has 1 aliphatic heterocycles. The first-order valence-corrected chi connectivity index (χ1v) is 4.66. The van der Waals surface area contributed by atoms with Gasteiger partial charge < -0.3 is 9.80 Å². The molecule has 1 aliphatic rings. The van der Waals surface area contributed by atoms with Crippen molar-refractivity contribution in [2.45, 2.75) is 0 Å². The van der Waals surface area contributed by atoms with Crippen LogP contribution in [0.5, 0.6) is 0 Å². The molecule has 14 heavy (non-hydrogen) atoms. The molecule has 0 aromatic carbocycles. The van der Waals surface area contributed by atoms with Crippen molar-refractivity contribution in [3.63, 3.8) is 0 Å². The van der Waals surface area contributed by atoms with Gasteiger partial charge in [-0.1, -0.05) is 0 Å². The molecule has 1 fully saturated rings. The summed E-state index contributed by atoms with van der Waals surface area (Å²) in [6, 6.07) is 0. The lowest BCUT2D eigenvalue weighted by atomic mass is 10.4. The van der Waals surface area contributed by atoms with E-state index in [1.807, 2.05) is 0 Å². The Morgan fingerprint density at radius 1 is 0.571 bits per heavy atom. The molecule has 0 amide bonds. The molecule has 1 heterocycles. The molecule has 0 unspecified atom stereocenters. The Kier molecular flexibility index (Phi) is 24.3. The minimum absolute atomic E-state index is 1.23. The van der Waals surface area contributed by atoms with Crippen molar-refractivity contribution in [1.29, 1.82) is 0 Å². The fraction of sp³-hybridized carbons (Fsp3) is 0.500. The first kappa shape index (κ1) is 18.8. The van der Waals surface area contributed by atoms with E-state index < -0.39 is 0 Å². The number of likely N-dealkylation sites (N-methyl/N-ethyl adjacent to an activating group) is 2. The number of hydrogen-bond acceptors (Lipinski definition) is 2. The SMILES string of the molecule is C=C.C=C.C=C.CN1CCN(C)CC1. The van der Waals surface area contributed by atoms with Crippen LogP contribution in [0.2, 0.25) is 0 Å². The van der Waals surface area contributed by atoms with Crippen molar-refractivity contribution < 1.29 is 0 Å². The zero-order chi connectivity index (χ0) is 12.0. The second-order valence-electron chi connectivity index (χ2n) is 2.61. The molecule has 0 N–H and O–H groups in total. The predicted molar refractivity (Wildman–Crippen MR) is 68.8 cm³/mol. The molecule has 0 saturated carbocycles. The second-order valence-corrected chi connectivity index (χ2v) is 2.61. The zero-order valence-corrected chi connectivity index (χ0v) is 9.97. The maximum atomic E-state index is 3.00. The number of nitrogens with zero attached hydrogens (tertiary/aromatic N) is 2. The van der Waals surface area contributed by atoms with Crippen LogP contribution in [-0.4, -0.2) is 50.1 Å². The largest absolute Gasteiger partial charge is 0.304 e. The Morgan fingerprint density at radius 2 is 0.714 bits per heavy atom. The summed E-state index contributed by atoms with van der Waals surface area (Å²) in [6.45, 7) is 22.9. The first-order valence-electron chi connectivity index (χ1n) is 4.66. The minimum atomic E-state index is 1.23. The highest BCUT2D eigenvalue weighted by atomic mass is 15.2. The monoisotopic (exact) mass is 198 g/mol. The maximum absolute atomic E-state index is 3.00. The van der Waals surface area contributed by atoms with Gasteiger partial charge in [-0.25, -0.2) is 0 Å². The van der Waals surface area contributed by atoms with E-state index in [0.29, 0.717) is 0 Å². The Hall–Kier alpha value is -0.860.